The van der Waals surface area contributed by atoms with Gasteiger partial charge >= 0.3 is 6.18 Å². The second kappa shape index (κ2) is 7.54. The van der Waals surface area contributed by atoms with E-state index < -0.39 is 11.7 Å². The van der Waals surface area contributed by atoms with E-state index in [9.17, 15) is 13.2 Å². The van der Waals surface area contributed by atoms with E-state index in [1.165, 1.54) is 24.3 Å². The number of rotatable bonds is 2. The fraction of sp³-hybridized carbons (Fsp3) is 0.357. The Morgan fingerprint density at radius 2 is 1.09 bits per heavy atom. The Kier molecular flexibility index (Phi) is 5.31. The van der Waals surface area contributed by atoms with Crippen molar-refractivity contribution in [3.8, 4) is 11.4 Å². The third-order valence-corrected chi connectivity index (χ3v) is 6.25. The third kappa shape index (κ3) is 4.09. The smallest absolute Gasteiger partial charge is 0.416 e. The molecule has 174 valence electrons. The maximum absolute atomic E-state index is 13.3. The maximum atomic E-state index is 13.3. The highest BCUT2D eigenvalue weighted by Crippen LogP contribution is 2.41. The first-order valence-corrected chi connectivity index (χ1v) is 11.1. The van der Waals surface area contributed by atoms with Gasteiger partial charge in [0, 0.05) is 10.8 Å². The lowest BCUT2D eigenvalue weighted by Crippen LogP contribution is -2.10. The number of alkyl halides is 3. The van der Waals surface area contributed by atoms with E-state index in [2.05, 4.69) is 77.9 Å². The zero-order valence-corrected chi connectivity index (χ0v) is 20.2. The lowest BCUT2D eigenvalue weighted by atomic mass is 9.85. The van der Waals surface area contributed by atoms with Gasteiger partial charge in [-0.15, -0.1) is 0 Å². The zero-order valence-electron chi connectivity index (χ0n) is 20.2. The topological polar surface area (TPSA) is 14.2 Å². The van der Waals surface area contributed by atoms with E-state index in [1.54, 1.807) is 0 Å². The van der Waals surface area contributed by atoms with E-state index in [1.807, 2.05) is 4.57 Å². The fourth-order valence-electron chi connectivity index (χ4n) is 4.25. The molecule has 0 saturated carbocycles. The molecule has 1 heterocycles. The van der Waals surface area contributed by atoms with E-state index in [-0.39, 0.29) is 16.6 Å². The molecule has 0 aliphatic rings. The third-order valence-electron chi connectivity index (χ3n) is 6.25. The predicted molar refractivity (Wildman–Crippen MR) is 130 cm³/mol. The lowest BCUT2D eigenvalue weighted by molar-refractivity contribution is -0.137. The molecule has 0 N–H and O–H groups in total. The van der Waals surface area contributed by atoms with Crippen LogP contribution in [0.3, 0.4) is 0 Å². The standard InChI is InChI=1S/C28H30F3NO/c1-26(2,3)17-8-11-22-20(14-17)21-15-18(27(4,5)6)9-12-23(21)32(22)24-13-10-19(28(29,30)31)16-25(24)33-7/h8-16H,1-7H3. The molecule has 1 aromatic heterocycles. The Hall–Kier alpha value is -2.95. The minimum Gasteiger partial charge on any atom is -0.495 e. The van der Waals surface area contributed by atoms with Gasteiger partial charge in [0.25, 0.3) is 0 Å². The number of halogens is 3. The van der Waals surface area contributed by atoms with Crippen LogP contribution in [0.4, 0.5) is 13.2 Å². The van der Waals surface area contributed by atoms with Gasteiger partial charge in [0.05, 0.1) is 29.4 Å². The van der Waals surface area contributed by atoms with Gasteiger partial charge in [0.15, 0.2) is 0 Å². The van der Waals surface area contributed by atoms with Crippen molar-refractivity contribution in [3.63, 3.8) is 0 Å². The number of benzene rings is 3. The Bertz CT molecular complexity index is 1280. The van der Waals surface area contributed by atoms with Crippen LogP contribution in [-0.4, -0.2) is 11.7 Å². The molecule has 4 aromatic rings. The van der Waals surface area contributed by atoms with Gasteiger partial charge in [-0.1, -0.05) is 53.7 Å². The van der Waals surface area contributed by atoms with E-state index >= 15 is 0 Å². The van der Waals surface area contributed by atoms with Crippen molar-refractivity contribution in [1.29, 1.82) is 0 Å². The monoisotopic (exact) mass is 453 g/mol. The SMILES string of the molecule is COc1cc(C(F)(F)F)ccc1-n1c2ccc(C(C)(C)C)cc2c2cc(C(C)(C)C)ccc21. The van der Waals surface area contributed by atoms with Crippen molar-refractivity contribution in [1.82, 2.24) is 4.57 Å². The summed E-state index contributed by atoms with van der Waals surface area (Å²) in [5.41, 5.74) is 4.06. The Balaban J connectivity index is 2.10. The number of methoxy groups -OCH3 is 1. The first kappa shape index (κ1) is 23.2. The van der Waals surface area contributed by atoms with E-state index in [4.69, 9.17) is 4.74 Å². The summed E-state index contributed by atoms with van der Waals surface area (Å²) in [6.45, 7) is 13.0. The highest BCUT2D eigenvalue weighted by Gasteiger charge is 2.32. The second-order valence-electron chi connectivity index (χ2n) is 10.7. The first-order chi connectivity index (χ1) is 15.2. The number of aromatic nitrogens is 1. The number of ether oxygens (including phenoxy) is 1. The first-order valence-electron chi connectivity index (χ1n) is 11.1. The van der Waals surface area contributed by atoms with Crippen LogP contribution < -0.4 is 4.74 Å². The molecule has 0 unspecified atom stereocenters. The molecule has 0 amide bonds. The van der Waals surface area contributed by atoms with Crippen LogP contribution in [0.1, 0.15) is 58.2 Å². The molecule has 2 nitrogen and oxygen atoms in total. The van der Waals surface area contributed by atoms with Crippen molar-refractivity contribution < 1.29 is 17.9 Å². The quantitative estimate of drug-likeness (QED) is 0.297. The number of hydrogen-bond donors (Lipinski definition) is 0. The normalized spacial score (nSPS) is 13.2. The molecule has 0 bridgehead atoms. The van der Waals surface area contributed by atoms with Gasteiger partial charge in [-0.3, -0.25) is 0 Å². The molecular weight excluding hydrogens is 423 g/mol. The van der Waals surface area contributed by atoms with Crippen LogP contribution in [0, 0.1) is 0 Å². The van der Waals surface area contributed by atoms with E-state index in [0.29, 0.717) is 5.69 Å². The summed E-state index contributed by atoms with van der Waals surface area (Å²) < 4.78 is 47.4. The van der Waals surface area contributed by atoms with Gasteiger partial charge in [0.2, 0.25) is 0 Å². The molecule has 5 heteroatoms. The van der Waals surface area contributed by atoms with Crippen LogP contribution in [0.25, 0.3) is 27.5 Å². The van der Waals surface area contributed by atoms with Crippen molar-refractivity contribution in [2.75, 3.05) is 7.11 Å². The summed E-state index contributed by atoms with van der Waals surface area (Å²) in [4.78, 5) is 0. The van der Waals surface area contributed by atoms with Crippen LogP contribution in [0.2, 0.25) is 0 Å². The van der Waals surface area contributed by atoms with E-state index in [0.717, 1.165) is 33.9 Å². The van der Waals surface area contributed by atoms with Gasteiger partial charge in [-0.25, -0.2) is 0 Å². The average Bonchev–Trinajstić information content (AvgIpc) is 3.04. The predicted octanol–water partition coefficient (Wildman–Crippen LogP) is 8.41. The van der Waals surface area contributed by atoms with Crippen LogP contribution >= 0.6 is 0 Å². The second-order valence-corrected chi connectivity index (χ2v) is 10.7. The summed E-state index contributed by atoms with van der Waals surface area (Å²) in [6, 6.07) is 16.4. The zero-order chi connectivity index (χ0) is 24.3. The van der Waals surface area contributed by atoms with Crippen molar-refractivity contribution in [3.05, 3.63) is 71.3 Å². The number of hydrogen-bond acceptors (Lipinski definition) is 1. The highest BCUT2D eigenvalue weighted by molar-refractivity contribution is 6.10. The minimum absolute atomic E-state index is 0.0315. The molecule has 0 saturated heterocycles. The summed E-state index contributed by atoms with van der Waals surface area (Å²) in [5.74, 6) is 0.184. The average molecular weight is 454 g/mol. The van der Waals surface area contributed by atoms with Gasteiger partial charge < -0.3 is 9.30 Å². The lowest BCUT2D eigenvalue weighted by Gasteiger charge is -2.19. The number of nitrogens with zero attached hydrogens (tertiary/aromatic N) is 1. The van der Waals surface area contributed by atoms with Crippen LogP contribution in [-0.2, 0) is 17.0 Å². The summed E-state index contributed by atoms with van der Waals surface area (Å²) in [6.07, 6.45) is -4.43. The Morgan fingerprint density at radius 3 is 1.48 bits per heavy atom. The molecule has 0 fully saturated rings. The minimum atomic E-state index is -4.43. The molecule has 3 aromatic carbocycles. The maximum Gasteiger partial charge on any atom is 0.416 e. The molecule has 0 spiro atoms. The van der Waals surface area contributed by atoms with Crippen LogP contribution in [0.5, 0.6) is 5.75 Å². The van der Waals surface area contributed by atoms with Gasteiger partial charge in [-0.2, -0.15) is 13.2 Å². The molecule has 4 rings (SSSR count). The van der Waals surface area contributed by atoms with Crippen molar-refractivity contribution in [2.45, 2.75) is 58.5 Å². The molecule has 0 aliphatic heterocycles. The Morgan fingerprint density at radius 1 is 0.636 bits per heavy atom. The summed E-state index contributed by atoms with van der Waals surface area (Å²) in [5, 5.41) is 2.15. The van der Waals surface area contributed by atoms with Gasteiger partial charge in [-0.05, 0) is 64.4 Å². The highest BCUT2D eigenvalue weighted by atomic mass is 19.4. The Labute approximate surface area is 193 Å². The molecule has 33 heavy (non-hydrogen) atoms. The molecule has 0 atom stereocenters. The fourth-order valence-corrected chi connectivity index (χ4v) is 4.25. The molecular formula is C28H30F3NO. The summed E-state index contributed by atoms with van der Waals surface area (Å²) in [7, 11) is 1.41. The van der Waals surface area contributed by atoms with Crippen molar-refractivity contribution >= 4 is 21.8 Å². The molecule has 0 aliphatic carbocycles. The largest absolute Gasteiger partial charge is 0.495 e. The van der Waals surface area contributed by atoms with Crippen molar-refractivity contribution in [2.24, 2.45) is 0 Å². The van der Waals surface area contributed by atoms with Crippen LogP contribution in [0.15, 0.2) is 54.6 Å². The molecule has 0 radical (unpaired) electrons. The summed E-state index contributed by atoms with van der Waals surface area (Å²) >= 11 is 0. The van der Waals surface area contributed by atoms with Gasteiger partial charge in [0.1, 0.15) is 5.75 Å². The number of fused-ring (bicyclic) bond motifs is 3.